The second kappa shape index (κ2) is 3.91. The van der Waals surface area contributed by atoms with Crippen LogP contribution in [0.15, 0.2) is 15.8 Å². The summed E-state index contributed by atoms with van der Waals surface area (Å²) < 4.78 is 1.94. The summed E-state index contributed by atoms with van der Waals surface area (Å²) in [6, 6.07) is -0.134. The second-order valence-electron chi connectivity index (χ2n) is 5.16. The van der Waals surface area contributed by atoms with Gasteiger partial charge in [0.25, 0.3) is 5.56 Å². The highest BCUT2D eigenvalue weighted by molar-refractivity contribution is 14.1. The van der Waals surface area contributed by atoms with Crippen molar-refractivity contribution in [2.75, 3.05) is 6.61 Å². The first-order valence-corrected chi connectivity index (χ1v) is 6.87. The molecule has 0 aromatic carbocycles. The highest BCUT2D eigenvalue weighted by atomic mass is 127. The maximum Gasteiger partial charge on any atom is 0.328 e. The Kier molecular flexibility index (Phi) is 2.69. The molecule has 0 radical (unpaired) electrons. The molecular weight excluding hydrogens is 351 g/mol. The minimum atomic E-state index is -0.575. The largest absolute Gasteiger partial charge is 0.396 e. The summed E-state index contributed by atoms with van der Waals surface area (Å²) in [5.74, 6) is 0.122. The zero-order chi connectivity index (χ0) is 13.1. The molecule has 0 aliphatic heterocycles. The van der Waals surface area contributed by atoms with E-state index >= 15 is 0 Å². The lowest BCUT2D eigenvalue weighted by Crippen LogP contribution is -2.34. The first kappa shape index (κ1) is 12.4. The van der Waals surface area contributed by atoms with E-state index in [1.165, 1.54) is 10.8 Å². The second-order valence-corrected chi connectivity index (χ2v) is 6.33. The summed E-state index contributed by atoms with van der Waals surface area (Å²) in [5.41, 5.74) is -1.26. The van der Waals surface area contributed by atoms with Crippen molar-refractivity contribution >= 4 is 22.6 Å². The van der Waals surface area contributed by atoms with Crippen LogP contribution in [0.5, 0.6) is 0 Å². The van der Waals surface area contributed by atoms with Crippen molar-refractivity contribution in [3.05, 3.63) is 30.6 Å². The SMILES string of the molecule is O=c1[nH]c(=O)n([C@H]2C[C@H](O)[C@@]3(CO)CC23)cc1I. The summed E-state index contributed by atoms with van der Waals surface area (Å²) in [7, 11) is 0. The number of hydrogen-bond acceptors (Lipinski definition) is 4. The first-order valence-electron chi connectivity index (χ1n) is 5.79. The van der Waals surface area contributed by atoms with Gasteiger partial charge in [0, 0.05) is 17.7 Å². The van der Waals surface area contributed by atoms with Crippen LogP contribution in [0.1, 0.15) is 18.9 Å². The topological polar surface area (TPSA) is 95.3 Å². The fourth-order valence-electron chi connectivity index (χ4n) is 3.18. The monoisotopic (exact) mass is 364 g/mol. The quantitative estimate of drug-likeness (QED) is 0.614. The molecule has 3 N–H and O–H groups in total. The molecule has 1 aromatic rings. The van der Waals surface area contributed by atoms with Crippen LogP contribution in [0.25, 0.3) is 0 Å². The summed E-state index contributed by atoms with van der Waals surface area (Å²) in [4.78, 5) is 25.4. The van der Waals surface area contributed by atoms with E-state index in [0.717, 1.165) is 6.42 Å². The summed E-state index contributed by atoms with van der Waals surface area (Å²) in [5, 5.41) is 19.4. The number of fused-ring (bicyclic) bond motifs is 1. The molecule has 18 heavy (non-hydrogen) atoms. The lowest BCUT2D eigenvalue weighted by atomic mass is 10.0. The Morgan fingerprint density at radius 3 is 2.83 bits per heavy atom. The van der Waals surface area contributed by atoms with E-state index in [9.17, 15) is 19.8 Å². The fourth-order valence-corrected chi connectivity index (χ4v) is 3.62. The van der Waals surface area contributed by atoms with Crippen molar-refractivity contribution in [1.29, 1.82) is 0 Å². The highest BCUT2D eigenvalue weighted by Crippen LogP contribution is 2.66. The predicted molar refractivity (Wildman–Crippen MR) is 71.3 cm³/mol. The molecule has 1 unspecified atom stereocenters. The van der Waals surface area contributed by atoms with Gasteiger partial charge in [-0.15, -0.1) is 0 Å². The van der Waals surface area contributed by atoms with Crippen LogP contribution < -0.4 is 11.2 Å². The van der Waals surface area contributed by atoms with Gasteiger partial charge >= 0.3 is 5.69 Å². The molecule has 2 aliphatic rings. The van der Waals surface area contributed by atoms with Crippen LogP contribution in [0.2, 0.25) is 0 Å². The minimum Gasteiger partial charge on any atom is -0.396 e. The number of aliphatic hydroxyl groups excluding tert-OH is 2. The van der Waals surface area contributed by atoms with Gasteiger partial charge in [-0.1, -0.05) is 0 Å². The van der Waals surface area contributed by atoms with Crippen molar-refractivity contribution in [3.63, 3.8) is 0 Å². The standard InChI is InChI=1S/C11H13IN2O4/c12-6-3-14(10(18)13-9(6)17)7-1-8(16)11(4-15)2-5(7)11/h3,5,7-8,15-16H,1-2,4H2,(H,13,17,18)/t5?,7-,8-,11+/m0/s1. The number of H-pyrrole nitrogens is 1. The van der Waals surface area contributed by atoms with E-state index in [1.54, 1.807) is 0 Å². The number of halogens is 1. The minimum absolute atomic E-state index is 0.0511. The Labute approximate surface area is 116 Å². The Balaban J connectivity index is 2.02. The summed E-state index contributed by atoms with van der Waals surface area (Å²) in [6.07, 6.45) is 2.14. The molecule has 0 bridgehead atoms. The summed E-state index contributed by atoms with van der Waals surface area (Å²) >= 11 is 1.88. The van der Waals surface area contributed by atoms with E-state index in [-0.39, 0.29) is 24.1 Å². The Morgan fingerprint density at radius 1 is 1.56 bits per heavy atom. The van der Waals surface area contributed by atoms with Crippen molar-refractivity contribution in [2.24, 2.45) is 11.3 Å². The zero-order valence-electron chi connectivity index (χ0n) is 9.47. The predicted octanol–water partition coefficient (Wildman–Crippen LogP) is -0.555. The molecule has 2 fully saturated rings. The van der Waals surface area contributed by atoms with Crippen molar-refractivity contribution < 1.29 is 10.2 Å². The molecule has 0 spiro atoms. The van der Waals surface area contributed by atoms with E-state index < -0.39 is 17.2 Å². The van der Waals surface area contributed by atoms with Gasteiger partial charge in [-0.2, -0.15) is 0 Å². The maximum absolute atomic E-state index is 11.8. The summed E-state index contributed by atoms with van der Waals surface area (Å²) in [6.45, 7) is -0.0511. The third-order valence-corrected chi connectivity index (χ3v) is 5.12. The van der Waals surface area contributed by atoms with Gasteiger partial charge in [-0.05, 0) is 41.4 Å². The Morgan fingerprint density at radius 2 is 2.28 bits per heavy atom. The lowest BCUT2D eigenvalue weighted by Gasteiger charge is -2.16. The molecule has 6 nitrogen and oxygen atoms in total. The van der Waals surface area contributed by atoms with Crippen molar-refractivity contribution in [1.82, 2.24) is 9.55 Å². The highest BCUT2D eigenvalue weighted by Gasteiger charge is 2.67. The maximum atomic E-state index is 11.8. The van der Waals surface area contributed by atoms with Gasteiger partial charge < -0.3 is 10.2 Å². The number of aromatic amines is 1. The smallest absolute Gasteiger partial charge is 0.328 e. The van der Waals surface area contributed by atoms with Crippen LogP contribution in [0.3, 0.4) is 0 Å². The van der Waals surface area contributed by atoms with E-state index in [2.05, 4.69) is 4.98 Å². The van der Waals surface area contributed by atoms with Gasteiger partial charge in [0.1, 0.15) is 0 Å². The third-order valence-electron chi connectivity index (χ3n) is 4.35. The van der Waals surface area contributed by atoms with Crippen LogP contribution >= 0.6 is 22.6 Å². The molecule has 1 aromatic heterocycles. The molecule has 2 aliphatic carbocycles. The number of rotatable bonds is 2. The van der Waals surface area contributed by atoms with Gasteiger partial charge in [0.2, 0.25) is 0 Å². The molecule has 0 amide bonds. The molecule has 4 atom stereocenters. The fraction of sp³-hybridized carbons (Fsp3) is 0.636. The number of aromatic nitrogens is 2. The molecule has 1 heterocycles. The van der Waals surface area contributed by atoms with E-state index in [0.29, 0.717) is 9.99 Å². The van der Waals surface area contributed by atoms with Crippen LogP contribution in [-0.4, -0.2) is 32.5 Å². The van der Waals surface area contributed by atoms with E-state index in [1.807, 2.05) is 22.6 Å². The molecular formula is C11H13IN2O4. The van der Waals surface area contributed by atoms with Gasteiger partial charge in [0.05, 0.1) is 16.3 Å². The number of nitrogens with zero attached hydrogens (tertiary/aromatic N) is 1. The van der Waals surface area contributed by atoms with Crippen LogP contribution in [-0.2, 0) is 0 Å². The van der Waals surface area contributed by atoms with E-state index in [4.69, 9.17) is 0 Å². The number of hydrogen-bond donors (Lipinski definition) is 3. The van der Waals surface area contributed by atoms with Crippen molar-refractivity contribution in [2.45, 2.75) is 25.0 Å². The third kappa shape index (κ3) is 1.53. The van der Waals surface area contributed by atoms with Gasteiger partial charge in [-0.25, -0.2) is 4.79 Å². The molecule has 0 saturated heterocycles. The van der Waals surface area contributed by atoms with Crippen molar-refractivity contribution in [3.8, 4) is 0 Å². The lowest BCUT2D eigenvalue weighted by molar-refractivity contribution is 0.0599. The molecule has 3 rings (SSSR count). The van der Waals surface area contributed by atoms with Crippen LogP contribution in [0, 0.1) is 14.9 Å². The average Bonchev–Trinajstić information content (AvgIpc) is 3.01. The average molecular weight is 364 g/mol. The zero-order valence-corrected chi connectivity index (χ0v) is 11.6. The Hall–Kier alpha value is -0.670. The number of aliphatic hydroxyl groups is 2. The van der Waals surface area contributed by atoms with Gasteiger partial charge in [0.15, 0.2) is 0 Å². The normalized spacial score (nSPS) is 37.6. The Bertz CT molecular complexity index is 610. The first-order chi connectivity index (χ1) is 8.49. The molecule has 7 heteroatoms. The molecule has 98 valence electrons. The number of nitrogens with one attached hydrogen (secondary N) is 1. The van der Waals surface area contributed by atoms with Gasteiger partial charge in [-0.3, -0.25) is 14.3 Å². The molecule has 2 saturated carbocycles. The van der Waals surface area contributed by atoms with Crippen LogP contribution in [0.4, 0.5) is 0 Å².